The second-order valence-electron chi connectivity index (χ2n) is 4.10. The minimum Gasteiger partial charge on any atom is -0.385 e. The molecule has 0 heterocycles. The molecule has 0 saturated carbocycles. The van der Waals surface area contributed by atoms with E-state index in [1.165, 1.54) is 5.56 Å². The first kappa shape index (κ1) is 19.7. The highest BCUT2D eigenvalue weighted by atomic mass is 127. The Hall–Kier alpha value is -0.340. The number of hydrogen-bond acceptors (Lipinski definition) is 2. The van der Waals surface area contributed by atoms with E-state index in [9.17, 15) is 0 Å². The van der Waals surface area contributed by atoms with Crippen molar-refractivity contribution in [3.63, 3.8) is 0 Å². The van der Waals surface area contributed by atoms with Crippen molar-refractivity contribution in [1.82, 2.24) is 10.6 Å². The maximum Gasteiger partial charge on any atom is 0.191 e. The average Bonchev–Trinajstić information content (AvgIpc) is 2.41. The molecule has 0 saturated heterocycles. The maximum atomic E-state index is 5.02. The van der Waals surface area contributed by atoms with Gasteiger partial charge < -0.3 is 15.4 Å². The predicted molar refractivity (Wildman–Crippen MR) is 98.9 cm³/mol. The van der Waals surface area contributed by atoms with Crippen LogP contribution in [0.2, 0.25) is 0 Å². The Morgan fingerprint density at radius 2 is 2.15 bits per heavy atom. The third-order valence-electron chi connectivity index (χ3n) is 2.47. The van der Waals surface area contributed by atoms with E-state index in [2.05, 4.69) is 50.6 Å². The van der Waals surface area contributed by atoms with Crippen LogP contribution in [-0.4, -0.2) is 32.8 Å². The molecule has 0 aromatic heterocycles. The van der Waals surface area contributed by atoms with Crippen molar-refractivity contribution in [3.05, 3.63) is 34.3 Å². The van der Waals surface area contributed by atoms with Crippen LogP contribution >= 0.6 is 39.9 Å². The fourth-order valence-corrected chi connectivity index (χ4v) is 2.02. The SMILES string of the molecule is CCNC(=NCc1cccc(Br)c1)NCCCOC.I. The molecule has 0 radical (unpaired) electrons. The van der Waals surface area contributed by atoms with Crippen molar-refractivity contribution in [2.24, 2.45) is 4.99 Å². The summed E-state index contributed by atoms with van der Waals surface area (Å²) >= 11 is 3.47. The van der Waals surface area contributed by atoms with Gasteiger partial charge in [0.25, 0.3) is 0 Å². The van der Waals surface area contributed by atoms with Crippen LogP contribution in [0.15, 0.2) is 33.7 Å². The molecule has 1 aromatic rings. The van der Waals surface area contributed by atoms with E-state index in [1.807, 2.05) is 12.1 Å². The van der Waals surface area contributed by atoms with Crippen LogP contribution in [0.1, 0.15) is 18.9 Å². The van der Waals surface area contributed by atoms with Crippen molar-refractivity contribution < 1.29 is 4.74 Å². The van der Waals surface area contributed by atoms with E-state index in [0.717, 1.165) is 36.5 Å². The monoisotopic (exact) mass is 455 g/mol. The normalized spacial score (nSPS) is 10.8. The van der Waals surface area contributed by atoms with Crippen LogP contribution in [0.3, 0.4) is 0 Å². The number of hydrogen-bond donors (Lipinski definition) is 2. The van der Waals surface area contributed by atoms with Crippen LogP contribution < -0.4 is 10.6 Å². The van der Waals surface area contributed by atoms with Crippen molar-refractivity contribution in [2.45, 2.75) is 19.9 Å². The number of rotatable bonds is 7. The minimum atomic E-state index is 0. The highest BCUT2D eigenvalue weighted by Crippen LogP contribution is 2.12. The molecule has 4 nitrogen and oxygen atoms in total. The van der Waals surface area contributed by atoms with Gasteiger partial charge in [-0.05, 0) is 31.0 Å². The topological polar surface area (TPSA) is 45.7 Å². The van der Waals surface area contributed by atoms with Gasteiger partial charge in [-0.25, -0.2) is 4.99 Å². The predicted octanol–water partition coefficient (Wildman–Crippen LogP) is 3.16. The number of nitrogens with zero attached hydrogens (tertiary/aromatic N) is 1. The van der Waals surface area contributed by atoms with Crippen molar-refractivity contribution in [3.8, 4) is 0 Å². The third kappa shape index (κ3) is 8.76. The van der Waals surface area contributed by atoms with Crippen molar-refractivity contribution >= 4 is 45.9 Å². The number of benzene rings is 1. The molecule has 20 heavy (non-hydrogen) atoms. The van der Waals surface area contributed by atoms with E-state index < -0.39 is 0 Å². The van der Waals surface area contributed by atoms with Crippen LogP contribution in [0.4, 0.5) is 0 Å². The molecule has 0 aliphatic heterocycles. The first-order chi connectivity index (χ1) is 9.26. The Bertz CT molecular complexity index is 402. The number of aliphatic imine (C=N–C) groups is 1. The first-order valence-electron chi connectivity index (χ1n) is 6.51. The molecule has 0 amide bonds. The van der Waals surface area contributed by atoms with Gasteiger partial charge in [-0.3, -0.25) is 0 Å². The number of methoxy groups -OCH3 is 1. The summed E-state index contributed by atoms with van der Waals surface area (Å²) in [5.74, 6) is 0.846. The highest BCUT2D eigenvalue weighted by Gasteiger charge is 1.97. The van der Waals surface area contributed by atoms with Crippen molar-refractivity contribution in [2.75, 3.05) is 26.8 Å². The van der Waals surface area contributed by atoms with Crippen LogP contribution in [0, 0.1) is 0 Å². The van der Waals surface area contributed by atoms with Crippen LogP contribution in [0.25, 0.3) is 0 Å². The molecule has 0 atom stereocenters. The second-order valence-corrected chi connectivity index (χ2v) is 5.01. The summed E-state index contributed by atoms with van der Waals surface area (Å²) in [6.45, 7) is 5.20. The average molecular weight is 456 g/mol. The summed E-state index contributed by atoms with van der Waals surface area (Å²) in [6, 6.07) is 8.19. The minimum absolute atomic E-state index is 0. The van der Waals surface area contributed by atoms with E-state index >= 15 is 0 Å². The van der Waals surface area contributed by atoms with Gasteiger partial charge in [0.1, 0.15) is 0 Å². The summed E-state index contributed by atoms with van der Waals surface area (Å²) in [7, 11) is 1.71. The largest absolute Gasteiger partial charge is 0.385 e. The van der Waals surface area contributed by atoms with Crippen LogP contribution in [-0.2, 0) is 11.3 Å². The van der Waals surface area contributed by atoms with Gasteiger partial charge in [0, 0.05) is 31.3 Å². The Kier molecular flexibility index (Phi) is 12.2. The van der Waals surface area contributed by atoms with Gasteiger partial charge in [-0.2, -0.15) is 0 Å². The molecule has 0 aliphatic rings. The molecule has 114 valence electrons. The number of nitrogens with one attached hydrogen (secondary N) is 2. The lowest BCUT2D eigenvalue weighted by molar-refractivity contribution is 0.195. The van der Waals surface area contributed by atoms with Gasteiger partial charge in [0.05, 0.1) is 6.54 Å². The van der Waals surface area contributed by atoms with Gasteiger partial charge >= 0.3 is 0 Å². The number of guanidine groups is 1. The van der Waals surface area contributed by atoms with Gasteiger partial charge in [-0.15, -0.1) is 24.0 Å². The van der Waals surface area contributed by atoms with Gasteiger partial charge in [0.15, 0.2) is 5.96 Å². The standard InChI is InChI=1S/C14H22BrN3O.HI/c1-3-16-14(17-8-5-9-19-2)18-11-12-6-4-7-13(15)10-12;/h4,6-7,10H,3,5,8-9,11H2,1-2H3,(H2,16,17,18);1H. The second kappa shape index (κ2) is 12.4. The summed E-state index contributed by atoms with van der Waals surface area (Å²) in [6.07, 6.45) is 0.970. The molecule has 2 N–H and O–H groups in total. The lowest BCUT2D eigenvalue weighted by atomic mass is 10.2. The first-order valence-corrected chi connectivity index (χ1v) is 7.31. The zero-order valence-corrected chi connectivity index (χ0v) is 15.9. The Morgan fingerprint density at radius 1 is 1.35 bits per heavy atom. The summed E-state index contributed by atoms with van der Waals surface area (Å²) in [4.78, 5) is 4.56. The van der Waals surface area contributed by atoms with E-state index in [-0.39, 0.29) is 24.0 Å². The van der Waals surface area contributed by atoms with E-state index in [1.54, 1.807) is 7.11 Å². The van der Waals surface area contributed by atoms with Gasteiger partial charge in [0.2, 0.25) is 0 Å². The van der Waals surface area contributed by atoms with E-state index in [0.29, 0.717) is 6.54 Å². The Labute approximate surface area is 146 Å². The molecule has 1 aromatic carbocycles. The van der Waals surface area contributed by atoms with Gasteiger partial charge in [-0.1, -0.05) is 28.1 Å². The molecule has 0 fully saturated rings. The number of ether oxygens (including phenoxy) is 1. The van der Waals surface area contributed by atoms with Crippen LogP contribution in [0.5, 0.6) is 0 Å². The molecule has 0 bridgehead atoms. The Morgan fingerprint density at radius 3 is 2.80 bits per heavy atom. The molecule has 0 unspecified atom stereocenters. The molecule has 0 aliphatic carbocycles. The summed E-state index contributed by atoms with van der Waals surface area (Å²) < 4.78 is 6.10. The zero-order chi connectivity index (χ0) is 13.9. The summed E-state index contributed by atoms with van der Waals surface area (Å²) in [5.41, 5.74) is 1.18. The lowest BCUT2D eigenvalue weighted by Gasteiger charge is -2.11. The maximum absolute atomic E-state index is 5.02. The molecular formula is C14H23BrIN3O. The molecule has 0 spiro atoms. The number of halogens is 2. The zero-order valence-electron chi connectivity index (χ0n) is 12.0. The lowest BCUT2D eigenvalue weighted by Crippen LogP contribution is -2.38. The Balaban J connectivity index is 0.00000361. The smallest absolute Gasteiger partial charge is 0.191 e. The fourth-order valence-electron chi connectivity index (χ4n) is 1.57. The van der Waals surface area contributed by atoms with Crippen molar-refractivity contribution in [1.29, 1.82) is 0 Å². The molecular weight excluding hydrogens is 433 g/mol. The highest BCUT2D eigenvalue weighted by molar-refractivity contribution is 14.0. The third-order valence-corrected chi connectivity index (χ3v) is 2.96. The van der Waals surface area contributed by atoms with E-state index in [4.69, 9.17) is 4.74 Å². The quantitative estimate of drug-likeness (QED) is 0.287. The summed E-state index contributed by atoms with van der Waals surface area (Å²) in [5, 5.41) is 6.52. The fraction of sp³-hybridized carbons (Fsp3) is 0.500. The molecule has 1 rings (SSSR count). The molecule has 6 heteroatoms.